The van der Waals surface area contributed by atoms with Crippen molar-refractivity contribution in [1.29, 1.82) is 0 Å². The smallest absolute Gasteiger partial charge is 0.321 e. The highest BCUT2D eigenvalue weighted by molar-refractivity contribution is 7.99. The predicted molar refractivity (Wildman–Crippen MR) is 76.1 cm³/mol. The number of nitrogens with one attached hydrogen (secondary N) is 1. The fraction of sp³-hybridized carbons (Fsp3) is 0.417. The first-order valence-electron chi connectivity index (χ1n) is 5.58. The van der Waals surface area contributed by atoms with Crippen molar-refractivity contribution in [3.8, 4) is 0 Å². The van der Waals surface area contributed by atoms with Crippen molar-refractivity contribution in [2.45, 2.75) is 4.90 Å². The zero-order valence-corrected chi connectivity index (χ0v) is 11.4. The van der Waals surface area contributed by atoms with Crippen LogP contribution in [0.4, 0.5) is 10.5 Å². The molecule has 0 bridgehead atoms. The molecule has 1 aromatic carbocycles. The van der Waals surface area contributed by atoms with Crippen molar-refractivity contribution in [2.24, 2.45) is 0 Å². The molecule has 1 heterocycles. The third-order valence-corrected chi connectivity index (χ3v) is 4.39. The van der Waals surface area contributed by atoms with Gasteiger partial charge in [0, 0.05) is 29.5 Å². The maximum absolute atomic E-state index is 12.0. The van der Waals surface area contributed by atoms with Gasteiger partial charge in [-0.25, -0.2) is 4.79 Å². The van der Waals surface area contributed by atoms with Gasteiger partial charge in [0.05, 0.1) is 5.69 Å². The molecule has 0 saturated carbocycles. The van der Waals surface area contributed by atoms with E-state index in [-0.39, 0.29) is 6.03 Å². The molecule has 1 fully saturated rings. The first-order chi connectivity index (χ1) is 8.31. The zero-order valence-electron chi connectivity index (χ0n) is 9.81. The van der Waals surface area contributed by atoms with E-state index in [1.165, 1.54) is 0 Å². The van der Waals surface area contributed by atoms with Gasteiger partial charge in [-0.15, -0.1) is 11.8 Å². The molecule has 1 aliphatic rings. The molecule has 2 rings (SSSR count). The SMILES string of the molecule is CSc1ccccc1NC(=O)N1CCSCC1. The molecule has 2 amide bonds. The topological polar surface area (TPSA) is 32.3 Å². The monoisotopic (exact) mass is 268 g/mol. The highest BCUT2D eigenvalue weighted by Crippen LogP contribution is 2.25. The van der Waals surface area contributed by atoms with Gasteiger partial charge in [0.1, 0.15) is 0 Å². The number of rotatable bonds is 2. The number of hydrogen-bond acceptors (Lipinski definition) is 3. The summed E-state index contributed by atoms with van der Waals surface area (Å²) in [6.45, 7) is 1.69. The van der Waals surface area contributed by atoms with Gasteiger partial charge < -0.3 is 10.2 Å². The number of carbonyl (C=O) groups excluding carboxylic acids is 1. The number of nitrogens with zero attached hydrogens (tertiary/aromatic N) is 1. The van der Waals surface area contributed by atoms with Gasteiger partial charge in [0.2, 0.25) is 0 Å². The summed E-state index contributed by atoms with van der Waals surface area (Å²) >= 11 is 3.55. The van der Waals surface area contributed by atoms with Crippen LogP contribution in [0, 0.1) is 0 Å². The molecule has 0 spiro atoms. The van der Waals surface area contributed by atoms with E-state index in [0.717, 1.165) is 35.2 Å². The van der Waals surface area contributed by atoms with E-state index >= 15 is 0 Å². The van der Waals surface area contributed by atoms with Crippen LogP contribution in [0.25, 0.3) is 0 Å². The average molecular weight is 268 g/mol. The molecule has 5 heteroatoms. The second-order valence-corrected chi connectivity index (χ2v) is 5.80. The molecule has 3 nitrogen and oxygen atoms in total. The number of benzene rings is 1. The number of hydrogen-bond donors (Lipinski definition) is 1. The first-order valence-corrected chi connectivity index (χ1v) is 7.96. The summed E-state index contributed by atoms with van der Waals surface area (Å²) in [6.07, 6.45) is 2.02. The molecule has 1 saturated heterocycles. The Morgan fingerprint density at radius 1 is 1.35 bits per heavy atom. The summed E-state index contributed by atoms with van der Waals surface area (Å²) in [7, 11) is 0. The highest BCUT2D eigenvalue weighted by atomic mass is 32.2. The molecule has 92 valence electrons. The summed E-state index contributed by atoms with van der Waals surface area (Å²) in [5.41, 5.74) is 0.906. The van der Waals surface area contributed by atoms with Crippen molar-refractivity contribution in [2.75, 3.05) is 36.2 Å². The van der Waals surface area contributed by atoms with E-state index in [0.29, 0.717) is 0 Å². The minimum atomic E-state index is 0.0202. The van der Waals surface area contributed by atoms with Gasteiger partial charge in [-0.1, -0.05) is 12.1 Å². The van der Waals surface area contributed by atoms with Crippen molar-refractivity contribution >= 4 is 35.2 Å². The van der Waals surface area contributed by atoms with E-state index < -0.39 is 0 Å². The summed E-state index contributed by atoms with van der Waals surface area (Å²) < 4.78 is 0. The van der Waals surface area contributed by atoms with Crippen molar-refractivity contribution < 1.29 is 4.79 Å². The molecule has 0 atom stereocenters. The Morgan fingerprint density at radius 3 is 2.76 bits per heavy atom. The van der Waals surface area contributed by atoms with Crippen molar-refractivity contribution in [3.63, 3.8) is 0 Å². The Labute approximate surface area is 110 Å². The van der Waals surface area contributed by atoms with Gasteiger partial charge in [-0.2, -0.15) is 11.8 Å². The van der Waals surface area contributed by atoms with Crippen LogP contribution in [0.3, 0.4) is 0 Å². The number of anilines is 1. The van der Waals surface area contributed by atoms with E-state index in [4.69, 9.17) is 0 Å². The Hall–Kier alpha value is -0.810. The fourth-order valence-electron chi connectivity index (χ4n) is 1.71. The lowest BCUT2D eigenvalue weighted by Crippen LogP contribution is -2.40. The third kappa shape index (κ3) is 3.33. The van der Waals surface area contributed by atoms with E-state index in [1.54, 1.807) is 11.8 Å². The van der Waals surface area contributed by atoms with Crippen molar-refractivity contribution in [1.82, 2.24) is 4.90 Å². The maximum Gasteiger partial charge on any atom is 0.321 e. The first kappa shape index (κ1) is 12.6. The highest BCUT2D eigenvalue weighted by Gasteiger charge is 2.17. The Bertz CT molecular complexity index is 392. The molecule has 17 heavy (non-hydrogen) atoms. The van der Waals surface area contributed by atoms with Gasteiger partial charge in [-0.05, 0) is 18.4 Å². The zero-order chi connectivity index (χ0) is 12.1. The molecule has 0 radical (unpaired) electrons. The molecular formula is C12H16N2OS2. The van der Waals surface area contributed by atoms with Gasteiger partial charge in [0.25, 0.3) is 0 Å². The second kappa shape index (κ2) is 6.21. The lowest BCUT2D eigenvalue weighted by atomic mass is 10.3. The Morgan fingerprint density at radius 2 is 2.06 bits per heavy atom. The van der Waals surface area contributed by atoms with Gasteiger partial charge >= 0.3 is 6.03 Å². The molecule has 0 unspecified atom stereocenters. The number of urea groups is 1. The largest absolute Gasteiger partial charge is 0.323 e. The van der Waals surface area contributed by atoms with Crippen LogP contribution >= 0.6 is 23.5 Å². The molecular weight excluding hydrogens is 252 g/mol. The molecule has 1 N–H and O–H groups in total. The van der Waals surface area contributed by atoms with Crippen LogP contribution in [0.5, 0.6) is 0 Å². The van der Waals surface area contributed by atoms with Gasteiger partial charge in [-0.3, -0.25) is 0 Å². The second-order valence-electron chi connectivity index (χ2n) is 3.73. The molecule has 1 aliphatic heterocycles. The lowest BCUT2D eigenvalue weighted by Gasteiger charge is -2.26. The Balaban J connectivity index is 2.01. The predicted octanol–water partition coefficient (Wildman–Crippen LogP) is 2.99. The van der Waals surface area contributed by atoms with Crippen LogP contribution in [0.1, 0.15) is 0 Å². The summed E-state index contributed by atoms with van der Waals surface area (Å²) in [5.74, 6) is 2.08. The van der Waals surface area contributed by atoms with Crippen LogP contribution in [0.15, 0.2) is 29.2 Å². The minimum Gasteiger partial charge on any atom is -0.323 e. The maximum atomic E-state index is 12.0. The Kier molecular flexibility index (Phi) is 4.62. The van der Waals surface area contributed by atoms with Crippen LogP contribution in [-0.2, 0) is 0 Å². The average Bonchev–Trinajstić information content (AvgIpc) is 2.40. The van der Waals surface area contributed by atoms with E-state index in [2.05, 4.69) is 5.32 Å². The molecule has 0 aromatic heterocycles. The van der Waals surface area contributed by atoms with Gasteiger partial charge in [0.15, 0.2) is 0 Å². The third-order valence-electron chi connectivity index (χ3n) is 2.65. The quantitative estimate of drug-likeness (QED) is 0.837. The van der Waals surface area contributed by atoms with E-state index in [1.807, 2.05) is 47.2 Å². The van der Waals surface area contributed by atoms with Crippen LogP contribution < -0.4 is 5.32 Å². The lowest BCUT2D eigenvalue weighted by molar-refractivity contribution is 0.217. The summed E-state index contributed by atoms with van der Waals surface area (Å²) in [4.78, 5) is 15.0. The number of para-hydroxylation sites is 1. The van der Waals surface area contributed by atoms with E-state index in [9.17, 15) is 4.79 Å². The number of thioether (sulfide) groups is 2. The fourth-order valence-corrected chi connectivity index (χ4v) is 3.17. The number of amides is 2. The summed E-state index contributed by atoms with van der Waals surface area (Å²) in [5, 5.41) is 2.99. The van der Waals surface area contributed by atoms with Crippen LogP contribution in [0.2, 0.25) is 0 Å². The van der Waals surface area contributed by atoms with Crippen molar-refractivity contribution in [3.05, 3.63) is 24.3 Å². The normalized spacial score (nSPS) is 15.7. The standard InChI is InChI=1S/C12H16N2OS2/c1-16-11-5-3-2-4-10(11)13-12(15)14-6-8-17-9-7-14/h2-5H,6-9H2,1H3,(H,13,15). The molecule has 0 aliphatic carbocycles. The van der Waals surface area contributed by atoms with Crippen LogP contribution in [-0.4, -0.2) is 41.8 Å². The number of carbonyl (C=O) groups is 1. The minimum absolute atomic E-state index is 0.0202. The summed E-state index contributed by atoms with van der Waals surface area (Å²) in [6, 6.07) is 7.92. The molecule has 1 aromatic rings.